The van der Waals surface area contributed by atoms with Gasteiger partial charge in [0, 0.05) is 27.8 Å². The second-order valence-electron chi connectivity index (χ2n) is 11.9. The summed E-state index contributed by atoms with van der Waals surface area (Å²) in [6, 6.07) is 10.5. The van der Waals surface area contributed by atoms with Gasteiger partial charge in [0.05, 0.1) is 11.6 Å². The number of ether oxygens (including phenoxy) is 2. The van der Waals surface area contributed by atoms with Crippen molar-refractivity contribution in [3.05, 3.63) is 46.3 Å². The molecule has 0 radical (unpaired) electrons. The fraction of sp³-hybridized carbons (Fsp3) is 0.517. The number of nitrogens with zero attached hydrogens (tertiary/aromatic N) is 2. The predicted molar refractivity (Wildman–Crippen MR) is 142 cm³/mol. The van der Waals surface area contributed by atoms with E-state index in [0.717, 1.165) is 40.1 Å². The Morgan fingerprint density at radius 3 is 2.74 bits per heavy atom. The van der Waals surface area contributed by atoms with Crippen molar-refractivity contribution in [2.75, 3.05) is 0 Å². The van der Waals surface area contributed by atoms with Crippen molar-refractivity contribution in [3.63, 3.8) is 0 Å². The molecule has 200 valence electrons. The molecule has 1 saturated heterocycles. The van der Waals surface area contributed by atoms with Gasteiger partial charge in [-0.1, -0.05) is 12.1 Å². The molecule has 3 heterocycles. The molecular formula is C29H33N3O5S. The molecule has 5 rings (SSSR count). The highest BCUT2D eigenvalue weighted by molar-refractivity contribution is 7.15. The molecule has 38 heavy (non-hydrogen) atoms. The van der Waals surface area contributed by atoms with Gasteiger partial charge in [0.1, 0.15) is 23.3 Å². The van der Waals surface area contributed by atoms with Crippen LogP contribution in [0.1, 0.15) is 74.7 Å². The van der Waals surface area contributed by atoms with E-state index in [9.17, 15) is 19.6 Å². The minimum absolute atomic E-state index is 0.00108. The van der Waals surface area contributed by atoms with Gasteiger partial charge in [0.2, 0.25) is 5.91 Å². The van der Waals surface area contributed by atoms with Crippen LogP contribution in [0.25, 0.3) is 10.4 Å². The first kappa shape index (κ1) is 26.2. The van der Waals surface area contributed by atoms with Crippen LogP contribution in [0.3, 0.4) is 0 Å². The molecule has 2 amide bonds. The average Bonchev–Trinajstić information content (AvgIpc) is 3.61. The summed E-state index contributed by atoms with van der Waals surface area (Å²) in [5.74, 6) is -0.542. The molecule has 8 nitrogen and oxygen atoms in total. The van der Waals surface area contributed by atoms with Crippen LogP contribution in [0.2, 0.25) is 0 Å². The third-order valence-corrected chi connectivity index (χ3v) is 8.67. The summed E-state index contributed by atoms with van der Waals surface area (Å²) < 4.78 is 11.1. The number of benzene rings is 1. The quantitative estimate of drug-likeness (QED) is 0.530. The molecule has 2 fully saturated rings. The van der Waals surface area contributed by atoms with Crippen LogP contribution in [-0.4, -0.2) is 46.6 Å². The summed E-state index contributed by atoms with van der Waals surface area (Å²) in [7, 11) is 0. The molecule has 2 bridgehead atoms. The van der Waals surface area contributed by atoms with Crippen LogP contribution in [0.4, 0.5) is 4.79 Å². The number of nitriles is 1. The van der Waals surface area contributed by atoms with Gasteiger partial charge in [-0.05, 0) is 83.6 Å². The number of hydrogen-bond donors (Lipinski definition) is 1. The number of carbonyl (C=O) groups is 3. The Morgan fingerprint density at radius 2 is 2.03 bits per heavy atom. The van der Waals surface area contributed by atoms with Gasteiger partial charge in [0.15, 0.2) is 0 Å². The van der Waals surface area contributed by atoms with E-state index in [1.165, 1.54) is 11.3 Å². The van der Waals surface area contributed by atoms with Gasteiger partial charge in [-0.2, -0.15) is 5.26 Å². The molecular weight excluding hydrogens is 502 g/mol. The Balaban J connectivity index is 1.27. The Kier molecular flexibility index (Phi) is 6.50. The van der Waals surface area contributed by atoms with Crippen LogP contribution < -0.4 is 5.32 Å². The molecule has 1 aromatic carbocycles. The number of thiophene rings is 1. The van der Waals surface area contributed by atoms with E-state index in [1.807, 2.05) is 65.0 Å². The highest BCUT2D eigenvalue weighted by Gasteiger charge is 2.52. The first-order valence-electron chi connectivity index (χ1n) is 13.0. The number of carbonyl (C=O) groups excluding carboxylic acids is 3. The number of likely N-dealkylation sites (tertiary alicyclic amines) is 1. The zero-order chi connectivity index (χ0) is 27.4. The summed E-state index contributed by atoms with van der Waals surface area (Å²) in [6.07, 6.45) is 2.42. The normalized spacial score (nSPS) is 23.9. The van der Waals surface area contributed by atoms with E-state index in [2.05, 4.69) is 11.4 Å². The SMILES string of the molecule is CC(C)(C)OC(=O)N1[C@@H]2CC[C@@H](C2)[C@H]1C(=O)N[C@H](C#N)Cc1ccc(-c2ccc3c(c2)C(=O)OC3(C)C)s1. The summed E-state index contributed by atoms with van der Waals surface area (Å²) in [6.45, 7) is 9.18. The number of piperidine rings is 1. The van der Waals surface area contributed by atoms with Crippen molar-refractivity contribution in [2.45, 2.75) is 89.6 Å². The molecule has 0 spiro atoms. The van der Waals surface area contributed by atoms with Crippen LogP contribution in [0, 0.1) is 17.2 Å². The van der Waals surface area contributed by atoms with Gasteiger partial charge in [-0.3, -0.25) is 9.69 Å². The number of esters is 1. The number of hydrogen-bond acceptors (Lipinski definition) is 7. The summed E-state index contributed by atoms with van der Waals surface area (Å²) in [4.78, 5) is 42.1. The minimum atomic E-state index is -0.732. The molecule has 3 aliphatic rings. The maximum atomic E-state index is 13.3. The summed E-state index contributed by atoms with van der Waals surface area (Å²) in [5, 5.41) is 12.7. The van der Waals surface area contributed by atoms with Crippen molar-refractivity contribution < 1.29 is 23.9 Å². The lowest BCUT2D eigenvalue weighted by Gasteiger charge is -2.35. The van der Waals surface area contributed by atoms with Gasteiger partial charge in [0.25, 0.3) is 0 Å². The third kappa shape index (κ3) is 4.90. The van der Waals surface area contributed by atoms with Gasteiger partial charge in [-0.25, -0.2) is 9.59 Å². The van der Waals surface area contributed by atoms with E-state index in [4.69, 9.17) is 9.47 Å². The fourth-order valence-electron chi connectivity index (χ4n) is 5.87. The fourth-order valence-corrected chi connectivity index (χ4v) is 6.92. The number of rotatable bonds is 5. The molecule has 1 aliphatic carbocycles. The van der Waals surface area contributed by atoms with E-state index in [1.54, 1.807) is 4.90 Å². The Hall–Kier alpha value is -3.38. The second kappa shape index (κ2) is 9.42. The summed E-state index contributed by atoms with van der Waals surface area (Å²) in [5.41, 5.74) is 1.06. The zero-order valence-electron chi connectivity index (χ0n) is 22.4. The lowest BCUT2D eigenvalue weighted by Crippen LogP contribution is -2.55. The minimum Gasteiger partial charge on any atom is -0.451 e. The Morgan fingerprint density at radius 1 is 1.26 bits per heavy atom. The van der Waals surface area contributed by atoms with Crippen molar-refractivity contribution in [3.8, 4) is 16.5 Å². The number of amides is 2. The number of fused-ring (bicyclic) bond motifs is 3. The third-order valence-electron chi connectivity index (χ3n) is 7.52. The van der Waals surface area contributed by atoms with Crippen molar-refractivity contribution in [1.82, 2.24) is 10.2 Å². The molecule has 2 aliphatic heterocycles. The molecule has 1 aromatic heterocycles. The highest BCUT2D eigenvalue weighted by atomic mass is 32.1. The predicted octanol–water partition coefficient (Wildman–Crippen LogP) is 5.16. The maximum absolute atomic E-state index is 13.3. The van der Waals surface area contributed by atoms with Gasteiger partial charge >= 0.3 is 12.1 Å². The van der Waals surface area contributed by atoms with Crippen LogP contribution in [0.15, 0.2) is 30.3 Å². The molecule has 2 aromatic rings. The lowest BCUT2D eigenvalue weighted by molar-refractivity contribution is -0.128. The highest BCUT2D eigenvalue weighted by Crippen LogP contribution is 2.43. The van der Waals surface area contributed by atoms with E-state index in [-0.39, 0.29) is 23.8 Å². The second-order valence-corrected chi connectivity index (χ2v) is 13.0. The molecule has 9 heteroatoms. The molecule has 1 saturated carbocycles. The summed E-state index contributed by atoms with van der Waals surface area (Å²) >= 11 is 1.52. The van der Waals surface area contributed by atoms with Crippen LogP contribution in [0.5, 0.6) is 0 Å². The Labute approximate surface area is 226 Å². The zero-order valence-corrected chi connectivity index (χ0v) is 23.2. The molecule has 4 atom stereocenters. The van der Waals surface area contributed by atoms with Gasteiger partial charge in [-0.15, -0.1) is 11.3 Å². The van der Waals surface area contributed by atoms with Crippen LogP contribution >= 0.6 is 11.3 Å². The van der Waals surface area contributed by atoms with E-state index in [0.29, 0.717) is 12.0 Å². The van der Waals surface area contributed by atoms with Crippen LogP contribution in [-0.2, 0) is 26.3 Å². The first-order chi connectivity index (χ1) is 17.9. The molecule has 1 N–H and O–H groups in total. The average molecular weight is 536 g/mol. The van der Waals surface area contributed by atoms with E-state index < -0.39 is 29.4 Å². The molecule has 0 unspecified atom stereocenters. The maximum Gasteiger partial charge on any atom is 0.411 e. The van der Waals surface area contributed by atoms with Crippen molar-refractivity contribution in [1.29, 1.82) is 5.26 Å². The lowest BCUT2D eigenvalue weighted by atomic mass is 9.94. The monoisotopic (exact) mass is 535 g/mol. The topological polar surface area (TPSA) is 109 Å². The smallest absolute Gasteiger partial charge is 0.411 e. The standard InChI is InChI=1S/C29H33N3O5S/c1-28(2,3)37-27(35)32-19-8-6-17(12-19)24(32)25(33)31-18(15-30)14-20-9-11-23(38-20)16-7-10-22-21(13-16)26(34)36-29(22,4)5/h7,9-11,13,17-19,24H,6,8,12,14H2,1-5H3,(H,31,33)/t17-,18-,19+,24-/m0/s1. The first-order valence-corrected chi connectivity index (χ1v) is 13.9. The van der Waals surface area contributed by atoms with E-state index >= 15 is 0 Å². The van der Waals surface area contributed by atoms with Crippen molar-refractivity contribution in [2.24, 2.45) is 5.92 Å². The van der Waals surface area contributed by atoms with Crippen molar-refractivity contribution >= 4 is 29.3 Å². The van der Waals surface area contributed by atoms with Gasteiger partial charge < -0.3 is 14.8 Å². The Bertz CT molecular complexity index is 1330. The largest absolute Gasteiger partial charge is 0.451 e. The number of cyclic esters (lactones) is 1. The number of nitrogens with one attached hydrogen (secondary N) is 1.